The average molecular weight is 367 g/mol. The number of fused-ring (bicyclic) bond motifs is 1. The number of carbonyl (C=O) groups excluding carboxylic acids is 1. The van der Waals surface area contributed by atoms with Crippen LogP contribution in [-0.2, 0) is 17.6 Å². The fourth-order valence-corrected chi connectivity index (χ4v) is 3.36. The molecule has 2 aromatic carbocycles. The number of aryl methyl sites for hydroxylation is 3. The Labute approximate surface area is 161 Å². The van der Waals surface area contributed by atoms with Gasteiger partial charge in [0.2, 0.25) is 0 Å². The summed E-state index contributed by atoms with van der Waals surface area (Å²) in [7, 11) is 0. The summed E-state index contributed by atoms with van der Waals surface area (Å²) in [4.78, 5) is 12.4. The molecule has 0 heterocycles. The van der Waals surface area contributed by atoms with Crippen molar-refractivity contribution in [2.24, 2.45) is 0 Å². The van der Waals surface area contributed by atoms with E-state index in [0.29, 0.717) is 19.6 Å². The first-order valence-corrected chi connectivity index (χ1v) is 9.91. The summed E-state index contributed by atoms with van der Waals surface area (Å²) in [5, 5.41) is 2.91. The van der Waals surface area contributed by atoms with Gasteiger partial charge in [-0.05, 0) is 74.4 Å². The third-order valence-corrected chi connectivity index (χ3v) is 4.95. The number of ether oxygens (including phenoxy) is 2. The van der Waals surface area contributed by atoms with Crippen LogP contribution in [0.4, 0.5) is 0 Å². The quantitative estimate of drug-likeness (QED) is 0.711. The largest absolute Gasteiger partial charge is 0.492 e. The molecule has 0 aromatic heterocycles. The number of rotatable bonds is 8. The van der Waals surface area contributed by atoms with Crippen LogP contribution < -0.4 is 14.8 Å². The molecule has 0 saturated carbocycles. The van der Waals surface area contributed by atoms with Crippen LogP contribution in [-0.4, -0.2) is 25.2 Å². The van der Waals surface area contributed by atoms with Gasteiger partial charge >= 0.3 is 0 Å². The fraction of sp³-hybridized carbons (Fsp3) is 0.435. The van der Waals surface area contributed by atoms with E-state index < -0.39 is 6.10 Å². The zero-order chi connectivity index (χ0) is 19.1. The zero-order valence-electron chi connectivity index (χ0n) is 16.3. The van der Waals surface area contributed by atoms with Crippen molar-refractivity contribution >= 4 is 5.91 Å². The van der Waals surface area contributed by atoms with Crippen molar-refractivity contribution in [3.05, 3.63) is 59.2 Å². The molecule has 1 N–H and O–H groups in total. The van der Waals surface area contributed by atoms with E-state index in [1.807, 2.05) is 44.2 Å². The van der Waals surface area contributed by atoms with Gasteiger partial charge in [-0.25, -0.2) is 0 Å². The third-order valence-electron chi connectivity index (χ3n) is 4.95. The maximum atomic E-state index is 12.4. The Kier molecular flexibility index (Phi) is 6.74. The maximum Gasteiger partial charge on any atom is 0.261 e. The van der Waals surface area contributed by atoms with Gasteiger partial charge in [0.15, 0.2) is 6.10 Å². The molecular formula is C23H29NO3. The van der Waals surface area contributed by atoms with Crippen LogP contribution in [0.2, 0.25) is 0 Å². The molecule has 3 rings (SSSR count). The van der Waals surface area contributed by atoms with E-state index in [1.54, 1.807) is 0 Å². The topological polar surface area (TPSA) is 47.6 Å². The lowest BCUT2D eigenvalue weighted by atomic mass is 9.92. The predicted molar refractivity (Wildman–Crippen MR) is 107 cm³/mol. The van der Waals surface area contributed by atoms with Gasteiger partial charge in [0.25, 0.3) is 5.91 Å². The van der Waals surface area contributed by atoms with Gasteiger partial charge in [-0.3, -0.25) is 4.79 Å². The Morgan fingerprint density at radius 1 is 1.04 bits per heavy atom. The third kappa shape index (κ3) is 5.49. The number of nitrogens with one attached hydrogen (secondary N) is 1. The van der Waals surface area contributed by atoms with Gasteiger partial charge < -0.3 is 14.8 Å². The van der Waals surface area contributed by atoms with Gasteiger partial charge in [0.05, 0.1) is 6.54 Å². The van der Waals surface area contributed by atoms with Gasteiger partial charge in [-0.1, -0.05) is 30.7 Å². The first-order valence-electron chi connectivity index (χ1n) is 9.91. The summed E-state index contributed by atoms with van der Waals surface area (Å²) >= 11 is 0. The fourth-order valence-electron chi connectivity index (χ4n) is 3.36. The van der Waals surface area contributed by atoms with Gasteiger partial charge in [0.1, 0.15) is 18.1 Å². The van der Waals surface area contributed by atoms with Crippen molar-refractivity contribution in [3.63, 3.8) is 0 Å². The molecule has 1 amide bonds. The molecule has 0 fully saturated rings. The average Bonchev–Trinajstić information content (AvgIpc) is 2.70. The minimum atomic E-state index is -0.481. The number of hydrogen-bond acceptors (Lipinski definition) is 3. The van der Waals surface area contributed by atoms with Crippen molar-refractivity contribution in [1.82, 2.24) is 5.32 Å². The van der Waals surface area contributed by atoms with Crippen LogP contribution in [0.1, 0.15) is 42.9 Å². The normalized spacial score (nSPS) is 14.1. The summed E-state index contributed by atoms with van der Waals surface area (Å²) in [5.74, 6) is 1.50. The van der Waals surface area contributed by atoms with Crippen LogP contribution in [0.25, 0.3) is 0 Å². The highest BCUT2D eigenvalue weighted by atomic mass is 16.5. The first kappa shape index (κ1) is 19.3. The van der Waals surface area contributed by atoms with Crippen LogP contribution in [0.15, 0.2) is 42.5 Å². The lowest BCUT2D eigenvalue weighted by Gasteiger charge is -2.20. The Hall–Kier alpha value is -2.49. The monoisotopic (exact) mass is 367 g/mol. The highest BCUT2D eigenvalue weighted by molar-refractivity contribution is 5.81. The van der Waals surface area contributed by atoms with Crippen LogP contribution in [0.3, 0.4) is 0 Å². The van der Waals surface area contributed by atoms with Gasteiger partial charge in [0, 0.05) is 0 Å². The Morgan fingerprint density at radius 3 is 2.48 bits per heavy atom. The van der Waals surface area contributed by atoms with E-state index in [0.717, 1.165) is 24.3 Å². The molecule has 0 aliphatic heterocycles. The highest BCUT2D eigenvalue weighted by Crippen LogP contribution is 2.26. The minimum Gasteiger partial charge on any atom is -0.492 e. The van der Waals surface area contributed by atoms with Crippen molar-refractivity contribution in [2.75, 3.05) is 13.2 Å². The van der Waals surface area contributed by atoms with Gasteiger partial charge in [-0.2, -0.15) is 0 Å². The summed E-state index contributed by atoms with van der Waals surface area (Å²) < 4.78 is 11.6. The lowest BCUT2D eigenvalue weighted by Crippen LogP contribution is -2.39. The molecule has 0 saturated heterocycles. The van der Waals surface area contributed by atoms with E-state index in [9.17, 15) is 4.79 Å². The molecule has 144 valence electrons. The molecule has 0 bridgehead atoms. The van der Waals surface area contributed by atoms with E-state index in [4.69, 9.17) is 9.47 Å². The second-order valence-electron chi connectivity index (χ2n) is 7.10. The molecule has 1 aliphatic carbocycles. The SMILES string of the molecule is CC[C@@H](Oc1ccc2c(c1)CCCC2)C(=O)NCCOc1ccc(C)cc1. The molecule has 0 radical (unpaired) electrons. The number of hydrogen-bond donors (Lipinski definition) is 1. The highest BCUT2D eigenvalue weighted by Gasteiger charge is 2.19. The van der Waals surface area contributed by atoms with E-state index in [-0.39, 0.29) is 5.91 Å². The Bertz CT molecular complexity index is 755. The number of benzene rings is 2. The Morgan fingerprint density at radius 2 is 1.74 bits per heavy atom. The van der Waals surface area contributed by atoms with Gasteiger partial charge in [-0.15, -0.1) is 0 Å². The summed E-state index contributed by atoms with van der Waals surface area (Å²) in [5.41, 5.74) is 3.97. The predicted octanol–water partition coefficient (Wildman–Crippen LogP) is 4.23. The van der Waals surface area contributed by atoms with E-state index in [1.165, 1.54) is 29.5 Å². The standard InChI is InChI=1S/C23H29NO3/c1-3-22(27-21-13-10-18-6-4-5-7-19(18)16-21)23(25)24-14-15-26-20-11-8-17(2)9-12-20/h8-13,16,22H,3-7,14-15H2,1-2H3,(H,24,25)/t22-/m1/s1. The van der Waals surface area contributed by atoms with Crippen molar-refractivity contribution in [3.8, 4) is 11.5 Å². The van der Waals surface area contributed by atoms with Crippen molar-refractivity contribution in [1.29, 1.82) is 0 Å². The van der Waals surface area contributed by atoms with Crippen molar-refractivity contribution < 1.29 is 14.3 Å². The zero-order valence-corrected chi connectivity index (χ0v) is 16.3. The molecule has 0 unspecified atom stereocenters. The molecule has 1 aliphatic rings. The lowest BCUT2D eigenvalue weighted by molar-refractivity contribution is -0.128. The summed E-state index contributed by atoms with van der Waals surface area (Å²) in [6, 6.07) is 14.1. The van der Waals surface area contributed by atoms with E-state index >= 15 is 0 Å². The smallest absolute Gasteiger partial charge is 0.261 e. The van der Waals surface area contributed by atoms with Crippen LogP contribution in [0.5, 0.6) is 11.5 Å². The summed E-state index contributed by atoms with van der Waals surface area (Å²) in [6.45, 7) is 4.89. The Balaban J connectivity index is 1.46. The molecule has 0 spiro atoms. The van der Waals surface area contributed by atoms with Crippen LogP contribution >= 0.6 is 0 Å². The molecule has 4 nitrogen and oxygen atoms in total. The summed E-state index contributed by atoms with van der Waals surface area (Å²) in [6.07, 6.45) is 4.89. The molecule has 2 aromatic rings. The van der Waals surface area contributed by atoms with Crippen molar-refractivity contribution in [2.45, 2.75) is 52.1 Å². The molecule has 4 heteroatoms. The molecule has 1 atom stereocenters. The molecular weight excluding hydrogens is 338 g/mol. The van der Waals surface area contributed by atoms with E-state index in [2.05, 4.69) is 17.4 Å². The second kappa shape index (κ2) is 9.45. The second-order valence-corrected chi connectivity index (χ2v) is 7.10. The molecule has 27 heavy (non-hydrogen) atoms. The number of amides is 1. The van der Waals surface area contributed by atoms with Crippen LogP contribution in [0, 0.1) is 6.92 Å². The maximum absolute atomic E-state index is 12.4. The first-order chi connectivity index (χ1) is 13.2. The number of carbonyl (C=O) groups is 1. The minimum absolute atomic E-state index is 0.0947.